The first-order chi connectivity index (χ1) is 19.0. The van der Waals surface area contributed by atoms with Crippen LogP contribution in [0, 0.1) is 0 Å². The summed E-state index contributed by atoms with van der Waals surface area (Å²) in [5.41, 5.74) is 14.3. The molecular weight excluding hydrogens is 490 g/mol. The summed E-state index contributed by atoms with van der Waals surface area (Å²) in [6.45, 7) is 4.14. The van der Waals surface area contributed by atoms with Crippen LogP contribution in [0.3, 0.4) is 0 Å². The lowest BCUT2D eigenvalue weighted by Gasteiger charge is -2.16. The first kappa shape index (κ1) is 26.6. The van der Waals surface area contributed by atoms with Crippen molar-refractivity contribution >= 4 is 39.7 Å². The van der Waals surface area contributed by atoms with E-state index in [0.717, 1.165) is 67.7 Å². The number of carbonyl (C=O) groups excluding carboxylic acids is 1. The number of para-hydroxylation sites is 1. The highest BCUT2D eigenvalue weighted by Gasteiger charge is 2.21. The molecule has 204 valence electrons. The van der Waals surface area contributed by atoms with E-state index in [1.807, 2.05) is 13.2 Å². The van der Waals surface area contributed by atoms with Crippen LogP contribution in [0.25, 0.3) is 22.2 Å². The number of hydrogen-bond acceptors (Lipinski definition) is 8. The molecule has 0 amide bonds. The van der Waals surface area contributed by atoms with Gasteiger partial charge >= 0.3 is 0 Å². The van der Waals surface area contributed by atoms with Crippen molar-refractivity contribution in [3.8, 4) is 11.3 Å². The lowest BCUT2D eigenvalue weighted by atomic mass is 9.99. The smallest absolute Gasteiger partial charge is 0.227 e. The number of Topliss-reactive ketones (excluding diaryl/α,β-unsaturated/α-hetero) is 1. The monoisotopic (exact) mass is 527 g/mol. The van der Waals surface area contributed by atoms with Gasteiger partial charge in [0.15, 0.2) is 5.78 Å². The molecule has 0 spiro atoms. The van der Waals surface area contributed by atoms with Gasteiger partial charge in [0.1, 0.15) is 0 Å². The Morgan fingerprint density at radius 3 is 2.85 bits per heavy atom. The predicted molar refractivity (Wildman–Crippen MR) is 158 cm³/mol. The van der Waals surface area contributed by atoms with E-state index in [9.17, 15) is 9.90 Å². The fourth-order valence-electron chi connectivity index (χ4n) is 5.36. The Kier molecular flexibility index (Phi) is 8.09. The van der Waals surface area contributed by atoms with Crippen molar-refractivity contribution in [3.63, 3.8) is 0 Å². The van der Waals surface area contributed by atoms with Crippen LogP contribution < -0.4 is 21.7 Å². The number of benzene rings is 2. The second-order valence-electron chi connectivity index (χ2n) is 10.1. The third kappa shape index (κ3) is 5.60. The standard InChI is InChI=1S/C30H37N7O2/c1-19(39)23-15-27(33-12-11-32-2)25(31)16-26(23)35-30-34-17-21(7-3-4-14-38)28(36-30)24-18-37-13-6-9-20-8-5-10-22(24)29(20)37/h5,8,10,15-18,32-33,38H,3-4,6-7,9,11-14,31H2,1-2H3,(H,34,35,36). The van der Waals surface area contributed by atoms with E-state index in [4.69, 9.17) is 10.7 Å². The molecule has 39 heavy (non-hydrogen) atoms. The number of likely N-dealkylation sites (N-methyl/N-ethyl adjacent to an activating group) is 1. The van der Waals surface area contributed by atoms with Crippen molar-refractivity contribution in [1.29, 1.82) is 0 Å². The summed E-state index contributed by atoms with van der Waals surface area (Å²) < 4.78 is 2.34. The Morgan fingerprint density at radius 2 is 2.05 bits per heavy atom. The number of nitrogen functional groups attached to an aromatic ring is 1. The van der Waals surface area contributed by atoms with Gasteiger partial charge in [-0.15, -0.1) is 0 Å². The summed E-state index contributed by atoms with van der Waals surface area (Å²) in [6.07, 6.45) is 8.60. The van der Waals surface area contributed by atoms with Gasteiger partial charge < -0.3 is 31.4 Å². The number of nitrogens with zero attached hydrogens (tertiary/aromatic N) is 3. The van der Waals surface area contributed by atoms with E-state index in [1.54, 1.807) is 19.1 Å². The second kappa shape index (κ2) is 11.8. The number of rotatable bonds is 12. The van der Waals surface area contributed by atoms with Gasteiger partial charge in [-0.2, -0.15) is 0 Å². The Bertz CT molecular complexity index is 1490. The predicted octanol–water partition coefficient (Wildman–Crippen LogP) is 4.52. The van der Waals surface area contributed by atoms with Gasteiger partial charge in [-0.1, -0.05) is 18.2 Å². The maximum atomic E-state index is 12.6. The Balaban J connectivity index is 1.55. The van der Waals surface area contributed by atoms with Gasteiger partial charge in [0.2, 0.25) is 5.95 Å². The number of aromatic nitrogens is 3. The molecule has 0 saturated carbocycles. The van der Waals surface area contributed by atoms with Crippen molar-refractivity contribution in [2.45, 2.75) is 45.6 Å². The van der Waals surface area contributed by atoms with E-state index < -0.39 is 0 Å². The summed E-state index contributed by atoms with van der Waals surface area (Å²) in [7, 11) is 1.88. The number of aliphatic hydroxyl groups excluding tert-OH is 1. The highest BCUT2D eigenvalue weighted by Crippen LogP contribution is 2.37. The van der Waals surface area contributed by atoms with Crippen molar-refractivity contribution < 1.29 is 9.90 Å². The number of aryl methyl sites for hydroxylation is 3. The molecule has 0 radical (unpaired) electrons. The molecule has 0 bridgehead atoms. The number of nitrogens with one attached hydrogen (secondary N) is 3. The Hall–Kier alpha value is -3.95. The molecule has 5 rings (SSSR count). The number of aliphatic hydroxyl groups is 1. The van der Waals surface area contributed by atoms with Gasteiger partial charge in [-0.3, -0.25) is 4.79 Å². The molecule has 0 saturated heterocycles. The van der Waals surface area contributed by atoms with E-state index in [1.165, 1.54) is 16.5 Å². The minimum absolute atomic E-state index is 0.0796. The molecule has 0 atom stereocenters. The van der Waals surface area contributed by atoms with E-state index in [0.29, 0.717) is 29.4 Å². The van der Waals surface area contributed by atoms with Crippen LogP contribution in [0.2, 0.25) is 0 Å². The number of unbranched alkanes of at least 4 members (excludes halogenated alkanes) is 1. The lowest BCUT2D eigenvalue weighted by Crippen LogP contribution is -2.18. The SMILES string of the molecule is CNCCNc1cc(C(C)=O)c(Nc2ncc(CCCCO)c(-c3cn4c5c(cccc35)CCC4)n2)cc1N. The lowest BCUT2D eigenvalue weighted by molar-refractivity contribution is 0.101. The maximum Gasteiger partial charge on any atom is 0.227 e. The number of ketones is 1. The molecule has 0 aliphatic carbocycles. The average molecular weight is 528 g/mol. The van der Waals surface area contributed by atoms with Crippen LogP contribution in [0.1, 0.15) is 47.7 Å². The molecular formula is C30H37N7O2. The minimum atomic E-state index is -0.0796. The topological polar surface area (TPSA) is 130 Å². The molecule has 0 fully saturated rings. The molecule has 2 aromatic heterocycles. The zero-order chi connectivity index (χ0) is 27.4. The quantitative estimate of drug-likeness (QED) is 0.103. The summed E-state index contributed by atoms with van der Waals surface area (Å²) in [4.78, 5) is 22.2. The van der Waals surface area contributed by atoms with Crippen molar-refractivity contribution in [3.05, 3.63) is 59.4 Å². The number of carbonyl (C=O) groups is 1. The molecule has 9 nitrogen and oxygen atoms in total. The first-order valence-electron chi connectivity index (χ1n) is 13.7. The molecule has 1 aliphatic heterocycles. The van der Waals surface area contributed by atoms with E-state index in [-0.39, 0.29) is 12.4 Å². The van der Waals surface area contributed by atoms with Crippen LogP contribution >= 0.6 is 0 Å². The highest BCUT2D eigenvalue weighted by atomic mass is 16.2. The Morgan fingerprint density at radius 1 is 1.18 bits per heavy atom. The van der Waals surface area contributed by atoms with Crippen LogP contribution in [0.15, 0.2) is 42.7 Å². The molecule has 4 aromatic rings. The number of nitrogens with two attached hydrogens (primary N) is 1. The van der Waals surface area contributed by atoms with Crippen molar-refractivity contribution in [2.24, 2.45) is 0 Å². The summed E-state index contributed by atoms with van der Waals surface area (Å²) in [6, 6.07) is 10.0. The molecule has 9 heteroatoms. The molecule has 0 unspecified atom stereocenters. The minimum Gasteiger partial charge on any atom is -0.397 e. The second-order valence-corrected chi connectivity index (χ2v) is 10.1. The van der Waals surface area contributed by atoms with Gasteiger partial charge in [-0.05, 0) is 69.3 Å². The average Bonchev–Trinajstić information content (AvgIpc) is 3.31. The van der Waals surface area contributed by atoms with E-state index in [2.05, 4.69) is 49.9 Å². The third-order valence-electron chi connectivity index (χ3n) is 7.31. The summed E-state index contributed by atoms with van der Waals surface area (Å²) in [5, 5.41) is 20.2. The van der Waals surface area contributed by atoms with Crippen molar-refractivity contribution in [2.75, 3.05) is 43.1 Å². The van der Waals surface area contributed by atoms with Crippen LogP contribution in [0.4, 0.5) is 23.0 Å². The zero-order valence-electron chi connectivity index (χ0n) is 22.7. The molecule has 2 aromatic carbocycles. The Labute approximate surface area is 228 Å². The third-order valence-corrected chi connectivity index (χ3v) is 7.31. The summed E-state index contributed by atoms with van der Waals surface area (Å²) in [5.74, 6) is 0.324. The fourth-order valence-corrected chi connectivity index (χ4v) is 5.36. The highest BCUT2D eigenvalue weighted by molar-refractivity contribution is 6.03. The zero-order valence-corrected chi connectivity index (χ0v) is 22.7. The first-order valence-corrected chi connectivity index (χ1v) is 13.7. The van der Waals surface area contributed by atoms with Gasteiger partial charge in [0.25, 0.3) is 0 Å². The molecule has 3 heterocycles. The largest absolute Gasteiger partial charge is 0.397 e. The van der Waals surface area contributed by atoms with Crippen LogP contribution in [0.5, 0.6) is 0 Å². The van der Waals surface area contributed by atoms with Gasteiger partial charge in [0.05, 0.1) is 28.3 Å². The van der Waals surface area contributed by atoms with Gasteiger partial charge in [-0.25, -0.2) is 9.97 Å². The maximum absolute atomic E-state index is 12.6. The normalized spacial score (nSPS) is 12.6. The van der Waals surface area contributed by atoms with Gasteiger partial charge in [0, 0.05) is 55.1 Å². The molecule has 1 aliphatic rings. The van der Waals surface area contributed by atoms with Crippen LogP contribution in [-0.2, 0) is 19.4 Å². The van der Waals surface area contributed by atoms with Crippen LogP contribution in [-0.4, -0.2) is 52.2 Å². The number of anilines is 4. The summed E-state index contributed by atoms with van der Waals surface area (Å²) >= 11 is 0. The number of hydrogen-bond donors (Lipinski definition) is 5. The fraction of sp³-hybridized carbons (Fsp3) is 0.367. The van der Waals surface area contributed by atoms with E-state index >= 15 is 0 Å². The molecule has 6 N–H and O–H groups in total. The van der Waals surface area contributed by atoms with Crippen molar-refractivity contribution in [1.82, 2.24) is 19.9 Å².